The second kappa shape index (κ2) is 7.77. The van der Waals surface area contributed by atoms with Crippen molar-refractivity contribution in [2.24, 2.45) is 5.73 Å². The summed E-state index contributed by atoms with van der Waals surface area (Å²) in [7, 11) is -4.37. The van der Waals surface area contributed by atoms with Crippen molar-refractivity contribution in [3.63, 3.8) is 0 Å². The standard InChI is InChI=1S/C15H12F6N4O5S/c1-31(27,28)30-25(13(23)24)12(26)11-9(22)5-10(29-11)6-2-7(14(16,17)18)4-8(3-6)15(19,20)21/h2-5H,22H2,1H3,(H3,23,24). The van der Waals surface area contributed by atoms with Gasteiger partial charge in [-0.3, -0.25) is 10.2 Å². The van der Waals surface area contributed by atoms with E-state index in [1.165, 1.54) is 0 Å². The number of hydrogen-bond donors (Lipinski definition) is 3. The molecule has 170 valence electrons. The molecule has 2 rings (SSSR count). The van der Waals surface area contributed by atoms with E-state index in [0.717, 1.165) is 6.07 Å². The number of carbonyl (C=O) groups excluding carboxylic acids is 1. The van der Waals surface area contributed by atoms with E-state index in [4.69, 9.17) is 21.3 Å². The van der Waals surface area contributed by atoms with Gasteiger partial charge in [0.25, 0.3) is 10.1 Å². The number of alkyl halides is 6. The van der Waals surface area contributed by atoms with E-state index in [-0.39, 0.29) is 11.1 Å². The number of guanidine groups is 1. The van der Waals surface area contributed by atoms with E-state index < -0.39 is 68.2 Å². The molecule has 0 aliphatic carbocycles. The highest BCUT2D eigenvalue weighted by Crippen LogP contribution is 2.39. The number of nitrogens with zero attached hydrogens (tertiary/aromatic N) is 1. The lowest BCUT2D eigenvalue weighted by molar-refractivity contribution is -0.143. The Morgan fingerprint density at radius 1 is 1.06 bits per heavy atom. The van der Waals surface area contributed by atoms with Crippen LogP contribution < -0.4 is 11.5 Å². The number of rotatable bonds is 4. The smallest absolute Gasteiger partial charge is 0.416 e. The zero-order chi connectivity index (χ0) is 23.9. The van der Waals surface area contributed by atoms with Crippen LogP contribution in [0.3, 0.4) is 0 Å². The molecule has 1 aromatic heterocycles. The first-order chi connectivity index (χ1) is 13.9. The van der Waals surface area contributed by atoms with Crippen LogP contribution in [-0.4, -0.2) is 31.6 Å². The van der Waals surface area contributed by atoms with Gasteiger partial charge < -0.3 is 15.9 Å². The minimum atomic E-state index is -5.14. The number of nitrogens with two attached hydrogens (primary N) is 2. The summed E-state index contributed by atoms with van der Waals surface area (Å²) in [6.45, 7) is 0. The highest BCUT2D eigenvalue weighted by atomic mass is 32.2. The minimum Gasteiger partial charge on any atom is -0.449 e. The molecule has 0 atom stereocenters. The fourth-order valence-electron chi connectivity index (χ4n) is 2.22. The zero-order valence-electron chi connectivity index (χ0n) is 15.1. The largest absolute Gasteiger partial charge is 0.449 e. The van der Waals surface area contributed by atoms with Crippen molar-refractivity contribution in [2.75, 3.05) is 12.0 Å². The molecule has 0 unspecified atom stereocenters. The molecule has 1 amide bonds. The van der Waals surface area contributed by atoms with Crippen LogP contribution in [0.5, 0.6) is 0 Å². The number of hydrogen-bond acceptors (Lipinski definition) is 7. The van der Waals surface area contributed by atoms with Gasteiger partial charge in [-0.1, -0.05) is 0 Å². The number of anilines is 1. The molecule has 0 radical (unpaired) electrons. The summed E-state index contributed by atoms with van der Waals surface area (Å²) in [5.74, 6) is -4.41. The van der Waals surface area contributed by atoms with Crippen molar-refractivity contribution < 1.29 is 48.3 Å². The van der Waals surface area contributed by atoms with Gasteiger partial charge in [-0.25, -0.2) is 0 Å². The van der Waals surface area contributed by atoms with E-state index in [9.17, 15) is 39.6 Å². The maximum Gasteiger partial charge on any atom is 0.416 e. The number of nitrogens with one attached hydrogen (secondary N) is 1. The maximum absolute atomic E-state index is 13.0. The van der Waals surface area contributed by atoms with Crippen LogP contribution in [0.2, 0.25) is 0 Å². The van der Waals surface area contributed by atoms with Gasteiger partial charge >= 0.3 is 18.3 Å². The second-order valence-electron chi connectivity index (χ2n) is 5.95. The fourth-order valence-corrected chi connectivity index (χ4v) is 2.64. The Morgan fingerprint density at radius 2 is 1.55 bits per heavy atom. The second-order valence-corrected chi connectivity index (χ2v) is 7.51. The molecule has 0 fully saturated rings. The molecule has 2 aromatic rings. The van der Waals surface area contributed by atoms with Crippen LogP contribution in [0.4, 0.5) is 32.0 Å². The third kappa shape index (κ3) is 5.66. The molecule has 9 nitrogen and oxygen atoms in total. The summed E-state index contributed by atoms with van der Waals surface area (Å²) in [6, 6.07) is 1.29. The Labute approximate surface area is 169 Å². The van der Waals surface area contributed by atoms with Crippen molar-refractivity contribution in [2.45, 2.75) is 12.4 Å². The lowest BCUT2D eigenvalue weighted by Crippen LogP contribution is -2.42. The molecule has 5 N–H and O–H groups in total. The summed E-state index contributed by atoms with van der Waals surface area (Å²) >= 11 is 0. The summed E-state index contributed by atoms with van der Waals surface area (Å²) < 4.78 is 110. The highest BCUT2D eigenvalue weighted by Gasteiger charge is 2.37. The lowest BCUT2D eigenvalue weighted by atomic mass is 10.0. The van der Waals surface area contributed by atoms with E-state index >= 15 is 0 Å². The molecular weight excluding hydrogens is 462 g/mol. The van der Waals surface area contributed by atoms with Crippen LogP contribution in [-0.2, 0) is 26.8 Å². The first-order valence-corrected chi connectivity index (χ1v) is 9.49. The molecule has 1 aromatic carbocycles. The Morgan fingerprint density at radius 3 is 1.94 bits per heavy atom. The van der Waals surface area contributed by atoms with Crippen LogP contribution in [0, 0.1) is 5.41 Å². The number of hydroxylamine groups is 2. The molecule has 0 saturated heterocycles. The van der Waals surface area contributed by atoms with Crippen molar-refractivity contribution >= 4 is 27.7 Å². The molecule has 1 heterocycles. The van der Waals surface area contributed by atoms with Crippen LogP contribution in [0.15, 0.2) is 28.7 Å². The van der Waals surface area contributed by atoms with Gasteiger partial charge in [-0.2, -0.15) is 34.8 Å². The summed E-state index contributed by atoms with van der Waals surface area (Å²) in [6.07, 6.45) is -9.77. The maximum atomic E-state index is 13.0. The Kier molecular flexibility index (Phi) is 6.01. The molecule has 31 heavy (non-hydrogen) atoms. The SMILES string of the molecule is CS(=O)(=O)ON(C(=N)N)C(=O)c1oc(-c2cc(C(F)(F)F)cc(C(F)(F)F)c2)cc1N. The Balaban J connectivity index is 2.60. The van der Waals surface area contributed by atoms with Crippen molar-refractivity contribution in [1.82, 2.24) is 5.06 Å². The van der Waals surface area contributed by atoms with Crippen LogP contribution >= 0.6 is 0 Å². The van der Waals surface area contributed by atoms with E-state index in [1.807, 2.05) is 0 Å². The Bertz CT molecular complexity index is 1110. The lowest BCUT2D eigenvalue weighted by Gasteiger charge is -2.16. The fraction of sp³-hybridized carbons (Fsp3) is 0.200. The predicted molar refractivity (Wildman–Crippen MR) is 92.6 cm³/mol. The monoisotopic (exact) mass is 474 g/mol. The van der Waals surface area contributed by atoms with E-state index in [2.05, 4.69) is 4.28 Å². The van der Waals surface area contributed by atoms with E-state index in [1.54, 1.807) is 0 Å². The zero-order valence-corrected chi connectivity index (χ0v) is 15.9. The molecule has 0 aliphatic heterocycles. The quantitative estimate of drug-likeness (QED) is 0.267. The summed E-state index contributed by atoms with van der Waals surface area (Å²) in [5.41, 5.74) is 5.95. The number of amides is 1. The summed E-state index contributed by atoms with van der Waals surface area (Å²) in [5, 5.41) is 6.96. The number of benzene rings is 1. The van der Waals surface area contributed by atoms with Crippen molar-refractivity contribution in [1.29, 1.82) is 5.41 Å². The third-order valence-corrected chi connectivity index (χ3v) is 3.86. The minimum absolute atomic E-state index is 0.112. The number of furan rings is 1. The van der Waals surface area contributed by atoms with Crippen molar-refractivity contribution in [3.8, 4) is 11.3 Å². The number of carbonyl (C=O) groups is 1. The normalized spacial score (nSPS) is 12.6. The molecule has 0 aliphatic rings. The topological polar surface area (TPSA) is 153 Å². The molecule has 0 bridgehead atoms. The van der Waals surface area contributed by atoms with Crippen LogP contribution in [0.25, 0.3) is 11.3 Å². The number of nitrogen functional groups attached to an aromatic ring is 1. The molecule has 0 saturated carbocycles. The van der Waals surface area contributed by atoms with Gasteiger partial charge in [0.2, 0.25) is 11.7 Å². The summed E-state index contributed by atoms with van der Waals surface area (Å²) in [4.78, 5) is 12.4. The molecular formula is C15H12F6N4O5S. The van der Waals surface area contributed by atoms with Crippen LogP contribution in [0.1, 0.15) is 21.7 Å². The Hall–Kier alpha value is -3.27. The van der Waals surface area contributed by atoms with Gasteiger partial charge in [0.1, 0.15) is 5.76 Å². The molecule has 16 heteroatoms. The van der Waals surface area contributed by atoms with Gasteiger partial charge in [0.15, 0.2) is 0 Å². The van der Waals surface area contributed by atoms with Gasteiger partial charge in [0, 0.05) is 11.6 Å². The van der Waals surface area contributed by atoms with Gasteiger partial charge in [-0.05, 0) is 18.2 Å². The highest BCUT2D eigenvalue weighted by molar-refractivity contribution is 7.85. The first kappa shape index (κ1) is 24.0. The van der Waals surface area contributed by atoms with E-state index in [0.29, 0.717) is 18.4 Å². The van der Waals surface area contributed by atoms with Crippen molar-refractivity contribution in [3.05, 3.63) is 41.2 Å². The van der Waals surface area contributed by atoms with Gasteiger partial charge in [-0.15, -0.1) is 9.35 Å². The average Bonchev–Trinajstić information content (AvgIpc) is 2.98. The third-order valence-electron chi connectivity index (χ3n) is 3.44. The predicted octanol–water partition coefficient (Wildman–Crippen LogP) is 2.79. The number of halogens is 6. The molecule has 0 spiro atoms. The first-order valence-electron chi connectivity index (χ1n) is 7.67. The average molecular weight is 474 g/mol. The van der Waals surface area contributed by atoms with Gasteiger partial charge in [0.05, 0.1) is 23.1 Å².